The van der Waals surface area contributed by atoms with Crippen molar-refractivity contribution in [3.8, 4) is 11.8 Å². The molecule has 0 heterocycles. The number of hydrogen-bond acceptors (Lipinski definition) is 3. The van der Waals surface area contributed by atoms with Crippen molar-refractivity contribution in [1.29, 1.82) is 0 Å². The Kier molecular flexibility index (Phi) is 6.19. The minimum Gasteiger partial charge on any atom is -0.394 e. The third kappa shape index (κ3) is 5.57. The van der Waals surface area contributed by atoms with Crippen LogP contribution in [0.3, 0.4) is 0 Å². The molecule has 0 aromatic rings. The van der Waals surface area contributed by atoms with E-state index in [1.54, 1.807) is 6.92 Å². The molecule has 0 spiro atoms. The van der Waals surface area contributed by atoms with Crippen LogP contribution in [-0.4, -0.2) is 36.0 Å². The standard InChI is InChI=1S/C7H13NO2/c1-2-3-4-8-5-7(10)6-9/h7-10H,4-6H2,1H3. The van der Waals surface area contributed by atoms with Crippen LogP contribution in [0.5, 0.6) is 0 Å². The van der Waals surface area contributed by atoms with Gasteiger partial charge in [-0.25, -0.2) is 0 Å². The highest BCUT2D eigenvalue weighted by atomic mass is 16.3. The van der Waals surface area contributed by atoms with E-state index < -0.39 is 6.10 Å². The first-order valence-electron chi connectivity index (χ1n) is 3.20. The molecule has 10 heavy (non-hydrogen) atoms. The summed E-state index contributed by atoms with van der Waals surface area (Å²) in [6.45, 7) is 2.51. The van der Waals surface area contributed by atoms with Gasteiger partial charge >= 0.3 is 0 Å². The van der Waals surface area contributed by atoms with Crippen LogP contribution in [-0.2, 0) is 0 Å². The highest BCUT2D eigenvalue weighted by Crippen LogP contribution is 1.74. The third-order valence-corrected chi connectivity index (χ3v) is 0.981. The molecule has 0 aliphatic heterocycles. The van der Waals surface area contributed by atoms with Gasteiger partial charge in [-0.1, -0.05) is 5.92 Å². The van der Waals surface area contributed by atoms with Crippen molar-refractivity contribution in [3.05, 3.63) is 0 Å². The van der Waals surface area contributed by atoms with E-state index in [0.717, 1.165) is 0 Å². The lowest BCUT2D eigenvalue weighted by molar-refractivity contribution is 0.0954. The normalized spacial score (nSPS) is 11.9. The van der Waals surface area contributed by atoms with E-state index in [1.807, 2.05) is 0 Å². The summed E-state index contributed by atoms with van der Waals surface area (Å²) in [5, 5.41) is 20.0. The molecule has 0 aliphatic rings. The van der Waals surface area contributed by atoms with Crippen LogP contribution in [0.1, 0.15) is 6.92 Å². The fourth-order valence-corrected chi connectivity index (χ4v) is 0.454. The maximum Gasteiger partial charge on any atom is 0.0895 e. The maximum atomic E-state index is 8.80. The van der Waals surface area contributed by atoms with Crippen LogP contribution in [0.4, 0.5) is 0 Å². The second-order valence-corrected chi connectivity index (χ2v) is 1.89. The molecular weight excluding hydrogens is 130 g/mol. The SMILES string of the molecule is CC#CCNCC(O)CO. The summed E-state index contributed by atoms with van der Waals surface area (Å²) in [7, 11) is 0. The van der Waals surface area contributed by atoms with E-state index in [1.165, 1.54) is 0 Å². The summed E-state index contributed by atoms with van der Waals surface area (Å²) in [6.07, 6.45) is -0.668. The average molecular weight is 143 g/mol. The van der Waals surface area contributed by atoms with Crippen molar-refractivity contribution < 1.29 is 10.2 Å². The zero-order chi connectivity index (χ0) is 7.82. The Bertz CT molecular complexity index is 125. The number of rotatable bonds is 4. The summed E-state index contributed by atoms with van der Waals surface area (Å²) in [6, 6.07) is 0. The maximum absolute atomic E-state index is 8.80. The minimum atomic E-state index is -0.668. The van der Waals surface area contributed by atoms with Crippen LogP contribution in [0.25, 0.3) is 0 Å². The Morgan fingerprint density at radius 1 is 1.60 bits per heavy atom. The molecule has 0 aromatic carbocycles. The summed E-state index contributed by atoms with van der Waals surface area (Å²) in [5.41, 5.74) is 0. The van der Waals surface area contributed by atoms with E-state index >= 15 is 0 Å². The van der Waals surface area contributed by atoms with Gasteiger partial charge in [0.05, 0.1) is 19.3 Å². The van der Waals surface area contributed by atoms with Crippen LogP contribution >= 0.6 is 0 Å². The van der Waals surface area contributed by atoms with Crippen LogP contribution in [0.2, 0.25) is 0 Å². The molecule has 1 unspecified atom stereocenters. The number of hydrogen-bond donors (Lipinski definition) is 3. The quantitative estimate of drug-likeness (QED) is 0.348. The monoisotopic (exact) mass is 143 g/mol. The van der Waals surface area contributed by atoms with Gasteiger partial charge in [-0.2, -0.15) is 0 Å². The van der Waals surface area contributed by atoms with Gasteiger partial charge in [-0.15, -0.1) is 5.92 Å². The van der Waals surface area contributed by atoms with E-state index in [0.29, 0.717) is 13.1 Å². The fraction of sp³-hybridized carbons (Fsp3) is 0.714. The number of aliphatic hydroxyl groups excluding tert-OH is 2. The first kappa shape index (κ1) is 9.44. The lowest BCUT2D eigenvalue weighted by Gasteiger charge is -2.04. The molecular formula is C7H13NO2. The Morgan fingerprint density at radius 2 is 2.30 bits per heavy atom. The first-order chi connectivity index (χ1) is 4.81. The van der Waals surface area contributed by atoms with Crippen LogP contribution in [0, 0.1) is 11.8 Å². The molecule has 3 heteroatoms. The Balaban J connectivity index is 3.08. The van der Waals surface area contributed by atoms with Crippen molar-refractivity contribution in [2.75, 3.05) is 19.7 Å². The Labute approximate surface area is 61.1 Å². The van der Waals surface area contributed by atoms with Gasteiger partial charge in [-0.3, -0.25) is 0 Å². The van der Waals surface area contributed by atoms with Gasteiger partial charge in [0.2, 0.25) is 0 Å². The van der Waals surface area contributed by atoms with Gasteiger partial charge in [-0.05, 0) is 6.92 Å². The molecule has 0 amide bonds. The van der Waals surface area contributed by atoms with Crippen LogP contribution < -0.4 is 5.32 Å². The van der Waals surface area contributed by atoms with E-state index in [2.05, 4.69) is 17.2 Å². The predicted molar refractivity (Wildman–Crippen MR) is 39.4 cm³/mol. The van der Waals surface area contributed by atoms with Crippen molar-refractivity contribution in [3.63, 3.8) is 0 Å². The van der Waals surface area contributed by atoms with Gasteiger partial charge in [0, 0.05) is 6.54 Å². The first-order valence-corrected chi connectivity index (χ1v) is 3.20. The summed E-state index contributed by atoms with van der Waals surface area (Å²) < 4.78 is 0. The van der Waals surface area contributed by atoms with E-state index in [4.69, 9.17) is 10.2 Å². The second-order valence-electron chi connectivity index (χ2n) is 1.89. The van der Waals surface area contributed by atoms with Gasteiger partial charge in [0.1, 0.15) is 0 Å². The summed E-state index contributed by atoms with van der Waals surface area (Å²) in [4.78, 5) is 0. The molecule has 0 saturated carbocycles. The topological polar surface area (TPSA) is 52.5 Å². The molecule has 1 atom stereocenters. The smallest absolute Gasteiger partial charge is 0.0895 e. The third-order valence-electron chi connectivity index (χ3n) is 0.981. The lowest BCUT2D eigenvalue weighted by Crippen LogP contribution is -2.29. The fourth-order valence-electron chi connectivity index (χ4n) is 0.454. The van der Waals surface area contributed by atoms with Crippen molar-refractivity contribution >= 4 is 0 Å². The van der Waals surface area contributed by atoms with Crippen molar-refractivity contribution in [2.45, 2.75) is 13.0 Å². The highest BCUT2D eigenvalue weighted by Gasteiger charge is 1.97. The largest absolute Gasteiger partial charge is 0.394 e. The summed E-state index contributed by atoms with van der Waals surface area (Å²) in [5.74, 6) is 5.48. The summed E-state index contributed by atoms with van der Waals surface area (Å²) >= 11 is 0. The van der Waals surface area contributed by atoms with E-state index in [-0.39, 0.29) is 6.61 Å². The lowest BCUT2D eigenvalue weighted by atomic mass is 10.4. The van der Waals surface area contributed by atoms with Gasteiger partial charge in [0.15, 0.2) is 0 Å². The molecule has 0 aromatic heterocycles. The van der Waals surface area contributed by atoms with E-state index in [9.17, 15) is 0 Å². The Hall–Kier alpha value is -0.560. The second kappa shape index (κ2) is 6.56. The van der Waals surface area contributed by atoms with Crippen LogP contribution in [0.15, 0.2) is 0 Å². The molecule has 58 valence electrons. The molecule has 0 radical (unpaired) electrons. The molecule has 3 nitrogen and oxygen atoms in total. The number of aliphatic hydroxyl groups is 2. The zero-order valence-corrected chi connectivity index (χ0v) is 6.09. The molecule has 0 bridgehead atoms. The zero-order valence-electron chi connectivity index (χ0n) is 6.09. The van der Waals surface area contributed by atoms with Crippen molar-refractivity contribution in [1.82, 2.24) is 5.32 Å². The predicted octanol–water partition coefficient (Wildman–Crippen LogP) is -1.05. The molecule has 0 aliphatic carbocycles. The highest BCUT2D eigenvalue weighted by molar-refractivity contribution is 4.96. The minimum absolute atomic E-state index is 0.202. The molecule has 0 saturated heterocycles. The van der Waals surface area contributed by atoms with Crippen molar-refractivity contribution in [2.24, 2.45) is 0 Å². The van der Waals surface area contributed by atoms with Gasteiger partial charge < -0.3 is 15.5 Å². The molecule has 0 rings (SSSR count). The molecule has 0 fully saturated rings. The molecule has 3 N–H and O–H groups in total. The van der Waals surface area contributed by atoms with Gasteiger partial charge in [0.25, 0.3) is 0 Å². The number of nitrogens with one attached hydrogen (secondary N) is 1. The average Bonchev–Trinajstić information content (AvgIpc) is 1.98. The Morgan fingerprint density at radius 3 is 2.80 bits per heavy atom.